The van der Waals surface area contributed by atoms with E-state index in [2.05, 4.69) is 9.97 Å². The van der Waals surface area contributed by atoms with Crippen molar-refractivity contribution in [1.82, 2.24) is 14.9 Å². The topological polar surface area (TPSA) is 66.3 Å². The maximum absolute atomic E-state index is 14.3. The van der Waals surface area contributed by atoms with Crippen LogP contribution in [0.4, 0.5) is 13.2 Å². The quantitative estimate of drug-likeness (QED) is 0.877. The van der Waals surface area contributed by atoms with Crippen molar-refractivity contribution in [2.75, 3.05) is 13.2 Å². The van der Waals surface area contributed by atoms with Gasteiger partial charge in [-0.05, 0) is 25.1 Å². The van der Waals surface area contributed by atoms with Crippen LogP contribution in [0.15, 0.2) is 36.7 Å². The van der Waals surface area contributed by atoms with Crippen LogP contribution in [0.1, 0.15) is 17.3 Å². The predicted octanol–water partition coefficient (Wildman–Crippen LogP) is 2.37. The normalized spacial score (nSPS) is 12.2. The summed E-state index contributed by atoms with van der Waals surface area (Å²) in [6, 6.07) is 4.44. The Labute approximate surface area is 136 Å². The van der Waals surface area contributed by atoms with Crippen LogP contribution in [0, 0.1) is 5.82 Å². The van der Waals surface area contributed by atoms with Crippen LogP contribution in [-0.4, -0.2) is 51.5 Å². The van der Waals surface area contributed by atoms with Crippen molar-refractivity contribution in [3.8, 4) is 11.4 Å². The van der Waals surface area contributed by atoms with Crippen LogP contribution in [0.25, 0.3) is 11.4 Å². The zero-order valence-electron chi connectivity index (χ0n) is 12.9. The summed E-state index contributed by atoms with van der Waals surface area (Å²) in [6.07, 6.45) is -0.0139. The molecule has 8 heteroatoms. The summed E-state index contributed by atoms with van der Waals surface area (Å²) in [5.74, 6) is -1.58. The largest absolute Gasteiger partial charge is 0.394 e. The number of carbonyl (C=O) groups excluding carboxylic acids is 1. The third-order valence-electron chi connectivity index (χ3n) is 3.43. The van der Waals surface area contributed by atoms with Gasteiger partial charge in [-0.3, -0.25) is 4.79 Å². The van der Waals surface area contributed by atoms with Gasteiger partial charge in [0.1, 0.15) is 5.82 Å². The molecular formula is C16H16F3N3O2. The van der Waals surface area contributed by atoms with E-state index in [0.29, 0.717) is 0 Å². The highest BCUT2D eigenvalue weighted by molar-refractivity contribution is 6.00. The lowest BCUT2D eigenvalue weighted by Crippen LogP contribution is -2.43. The summed E-state index contributed by atoms with van der Waals surface area (Å²) in [7, 11) is 0. The van der Waals surface area contributed by atoms with Gasteiger partial charge >= 0.3 is 0 Å². The molecule has 0 saturated carbocycles. The lowest BCUT2D eigenvalue weighted by atomic mass is 10.0. The number of hydrogen-bond acceptors (Lipinski definition) is 4. The SMILES string of the molecule is C[C@@H](CO)N(CC(F)F)C(=O)c1cccc(F)c1-c1ncccn1. The Morgan fingerprint density at radius 1 is 1.25 bits per heavy atom. The first kappa shape index (κ1) is 17.9. The van der Waals surface area contributed by atoms with Gasteiger partial charge in [0.25, 0.3) is 12.3 Å². The molecule has 5 nitrogen and oxygen atoms in total. The van der Waals surface area contributed by atoms with Gasteiger partial charge in [-0.15, -0.1) is 0 Å². The van der Waals surface area contributed by atoms with Gasteiger partial charge in [-0.25, -0.2) is 23.1 Å². The van der Waals surface area contributed by atoms with Crippen LogP contribution < -0.4 is 0 Å². The molecule has 0 aliphatic rings. The molecule has 24 heavy (non-hydrogen) atoms. The average molecular weight is 339 g/mol. The predicted molar refractivity (Wildman–Crippen MR) is 81.0 cm³/mol. The molecule has 1 atom stereocenters. The maximum atomic E-state index is 14.3. The Kier molecular flexibility index (Phi) is 5.86. The molecular weight excluding hydrogens is 323 g/mol. The second-order valence-corrected chi connectivity index (χ2v) is 5.11. The lowest BCUT2D eigenvalue weighted by Gasteiger charge is -2.28. The number of alkyl halides is 2. The number of aliphatic hydroxyl groups is 1. The number of aliphatic hydroxyl groups excluding tert-OH is 1. The average Bonchev–Trinajstić information content (AvgIpc) is 2.58. The first-order chi connectivity index (χ1) is 11.5. The lowest BCUT2D eigenvalue weighted by molar-refractivity contribution is 0.0366. The molecule has 0 aliphatic carbocycles. The number of benzene rings is 1. The van der Waals surface area contributed by atoms with E-state index < -0.39 is 37.3 Å². The molecule has 0 bridgehead atoms. The molecule has 1 N–H and O–H groups in total. The third-order valence-corrected chi connectivity index (χ3v) is 3.43. The highest BCUT2D eigenvalue weighted by atomic mass is 19.3. The minimum absolute atomic E-state index is 0.0207. The fraction of sp³-hybridized carbons (Fsp3) is 0.312. The molecule has 0 aliphatic heterocycles. The number of rotatable bonds is 6. The van der Waals surface area contributed by atoms with Crippen LogP contribution in [0.2, 0.25) is 0 Å². The standard InChI is InChI=1S/C16H16F3N3O2/c1-10(9-23)22(8-13(18)19)16(24)11-4-2-5-12(17)14(11)15-20-6-3-7-21-15/h2-7,10,13,23H,8-9H2,1H3/t10-/m0/s1. The van der Waals surface area contributed by atoms with Crippen molar-refractivity contribution in [3.63, 3.8) is 0 Å². The Morgan fingerprint density at radius 2 is 1.92 bits per heavy atom. The number of aromatic nitrogens is 2. The van der Waals surface area contributed by atoms with Crippen molar-refractivity contribution in [1.29, 1.82) is 0 Å². The Bertz CT molecular complexity index is 698. The second-order valence-electron chi connectivity index (χ2n) is 5.11. The van der Waals surface area contributed by atoms with Gasteiger partial charge in [-0.2, -0.15) is 0 Å². The molecule has 128 valence electrons. The van der Waals surface area contributed by atoms with Gasteiger partial charge in [0.2, 0.25) is 0 Å². The van der Waals surface area contributed by atoms with Gasteiger partial charge < -0.3 is 10.0 Å². The van der Waals surface area contributed by atoms with E-state index in [-0.39, 0.29) is 17.0 Å². The molecule has 0 spiro atoms. The molecule has 1 heterocycles. The molecule has 0 radical (unpaired) electrons. The molecule has 1 aromatic heterocycles. The van der Waals surface area contributed by atoms with E-state index in [0.717, 1.165) is 11.0 Å². The summed E-state index contributed by atoms with van der Waals surface area (Å²) >= 11 is 0. The van der Waals surface area contributed by atoms with Gasteiger partial charge in [0.05, 0.1) is 30.3 Å². The molecule has 2 aromatic rings. The van der Waals surface area contributed by atoms with Crippen LogP contribution in [0.5, 0.6) is 0 Å². The van der Waals surface area contributed by atoms with E-state index in [4.69, 9.17) is 0 Å². The van der Waals surface area contributed by atoms with E-state index in [1.54, 1.807) is 0 Å². The van der Waals surface area contributed by atoms with E-state index in [9.17, 15) is 23.1 Å². The minimum Gasteiger partial charge on any atom is -0.394 e. The fourth-order valence-corrected chi connectivity index (χ4v) is 2.22. The highest BCUT2D eigenvalue weighted by Gasteiger charge is 2.28. The molecule has 1 amide bonds. The summed E-state index contributed by atoms with van der Waals surface area (Å²) in [6.45, 7) is 0.0649. The van der Waals surface area contributed by atoms with Crippen LogP contribution in [0.3, 0.4) is 0 Å². The van der Waals surface area contributed by atoms with Gasteiger partial charge in [0.15, 0.2) is 5.82 Å². The monoisotopic (exact) mass is 339 g/mol. The van der Waals surface area contributed by atoms with Gasteiger partial charge in [-0.1, -0.05) is 6.07 Å². The van der Waals surface area contributed by atoms with Crippen LogP contribution >= 0.6 is 0 Å². The van der Waals surface area contributed by atoms with Crippen molar-refractivity contribution >= 4 is 5.91 Å². The van der Waals surface area contributed by atoms with Gasteiger partial charge in [0, 0.05) is 12.4 Å². The third kappa shape index (κ3) is 3.88. The summed E-state index contributed by atoms with van der Waals surface area (Å²) < 4.78 is 39.8. The molecule has 0 unspecified atom stereocenters. The molecule has 1 aromatic carbocycles. The Balaban J connectivity index is 2.51. The van der Waals surface area contributed by atoms with Crippen molar-refractivity contribution in [2.45, 2.75) is 19.4 Å². The zero-order chi connectivity index (χ0) is 17.7. The van der Waals surface area contributed by atoms with Crippen molar-refractivity contribution < 1.29 is 23.1 Å². The Morgan fingerprint density at radius 3 is 2.50 bits per heavy atom. The minimum atomic E-state index is -2.78. The summed E-state index contributed by atoms with van der Waals surface area (Å²) in [4.78, 5) is 21.3. The van der Waals surface area contributed by atoms with E-state index in [1.165, 1.54) is 37.5 Å². The van der Waals surface area contributed by atoms with Crippen molar-refractivity contribution in [2.24, 2.45) is 0 Å². The maximum Gasteiger partial charge on any atom is 0.255 e. The summed E-state index contributed by atoms with van der Waals surface area (Å²) in [5.41, 5.74) is -0.297. The summed E-state index contributed by atoms with van der Waals surface area (Å²) in [5, 5.41) is 9.22. The second kappa shape index (κ2) is 7.87. The number of carbonyl (C=O) groups is 1. The first-order valence-electron chi connectivity index (χ1n) is 7.21. The number of halogens is 3. The number of hydrogen-bond donors (Lipinski definition) is 1. The molecule has 0 saturated heterocycles. The smallest absolute Gasteiger partial charge is 0.255 e. The number of nitrogens with zero attached hydrogens (tertiary/aromatic N) is 3. The zero-order valence-corrected chi connectivity index (χ0v) is 12.9. The molecule has 2 rings (SSSR count). The Hall–Kier alpha value is -2.48. The van der Waals surface area contributed by atoms with E-state index in [1.807, 2.05) is 0 Å². The van der Waals surface area contributed by atoms with Crippen LogP contribution in [-0.2, 0) is 0 Å². The fourth-order valence-electron chi connectivity index (χ4n) is 2.22. The number of amides is 1. The molecule has 0 fully saturated rings. The van der Waals surface area contributed by atoms with Crippen molar-refractivity contribution in [3.05, 3.63) is 48.0 Å². The first-order valence-corrected chi connectivity index (χ1v) is 7.21. The highest BCUT2D eigenvalue weighted by Crippen LogP contribution is 2.25. The van der Waals surface area contributed by atoms with E-state index >= 15 is 0 Å².